The van der Waals surface area contributed by atoms with Crippen molar-refractivity contribution in [2.24, 2.45) is 0 Å². The summed E-state index contributed by atoms with van der Waals surface area (Å²) >= 11 is 0. The molecule has 0 amide bonds. The summed E-state index contributed by atoms with van der Waals surface area (Å²) in [5.74, 6) is 0. The third-order valence-electron chi connectivity index (χ3n) is 13.8. The molecule has 0 heterocycles. The van der Waals surface area contributed by atoms with Gasteiger partial charge in [0.05, 0.1) is 0 Å². The average Bonchev–Trinajstić information content (AvgIpc) is 3.51. The number of rotatable bonds is 17. The minimum atomic E-state index is 1.08. The summed E-state index contributed by atoms with van der Waals surface area (Å²) in [6.45, 7) is 5.95. The zero-order valence-electron chi connectivity index (χ0n) is 43.1. The summed E-state index contributed by atoms with van der Waals surface area (Å²) in [6, 6.07) is 106. The van der Waals surface area contributed by atoms with Gasteiger partial charge in [0.1, 0.15) is 0 Å². The van der Waals surface area contributed by atoms with Gasteiger partial charge in [-0.3, -0.25) is 0 Å². The maximum absolute atomic E-state index is 3.82. The van der Waals surface area contributed by atoms with E-state index >= 15 is 0 Å². The summed E-state index contributed by atoms with van der Waals surface area (Å²) in [5.41, 5.74) is 20.1. The zero-order chi connectivity index (χ0) is 52.2. The number of anilines is 11. The lowest BCUT2D eigenvalue weighted by Crippen LogP contribution is -2.14. The Morgan fingerprint density at radius 3 is 0.675 bits per heavy atom. The van der Waals surface area contributed by atoms with E-state index in [1.807, 2.05) is 18.2 Å². The van der Waals surface area contributed by atoms with E-state index in [2.05, 4.69) is 330 Å². The molecule has 0 bridgehead atoms. The third-order valence-corrected chi connectivity index (χ3v) is 13.8. The lowest BCUT2D eigenvalue weighted by molar-refractivity contribution is 1.16. The second kappa shape index (κ2) is 23.4. The van der Waals surface area contributed by atoms with E-state index in [0.29, 0.717) is 0 Å². The van der Waals surface area contributed by atoms with Gasteiger partial charge in [-0.25, -0.2) is 0 Å². The Morgan fingerprint density at radius 2 is 0.442 bits per heavy atom. The van der Waals surface area contributed by atoms with Crippen molar-refractivity contribution in [3.05, 3.63) is 334 Å². The minimum Gasteiger partial charge on any atom is -0.315 e. The Kier molecular flexibility index (Phi) is 14.9. The largest absolute Gasteiger partial charge is 0.315 e. The van der Waals surface area contributed by atoms with Gasteiger partial charge in [-0.2, -0.15) is 0 Å². The van der Waals surface area contributed by atoms with Crippen LogP contribution in [0.2, 0.25) is 0 Å². The van der Waals surface area contributed by atoms with Gasteiger partial charge in [0, 0.05) is 68.3 Å². The fourth-order valence-corrected chi connectivity index (χ4v) is 9.95. The molecule has 0 fully saturated rings. The van der Waals surface area contributed by atoms with E-state index < -0.39 is 0 Å². The number of para-hydroxylation sites is 5. The standard InChI is InChI=1S/C73H58N4/c1-3-4-10-21-56(2)74(63-22-11-5-12-23-63)68-44-32-57(33-45-68)58-36-48-70(49-37-58)76(66-28-17-8-18-29-66)72-52-40-61(41-53-72)62-42-54-73(55-43-62)77(67-30-19-9-20-31-67)71-50-38-60(39-51-71)59-34-46-69(47-35-59)75(64-24-13-6-14-25-64)65-26-15-7-16-27-65/h3-55H,1H2,2H3/b10-4-,56-21+. The van der Waals surface area contributed by atoms with Crippen molar-refractivity contribution >= 4 is 62.6 Å². The average molecular weight is 991 g/mol. The van der Waals surface area contributed by atoms with Gasteiger partial charge in [0.2, 0.25) is 0 Å². The van der Waals surface area contributed by atoms with Crippen molar-refractivity contribution in [1.82, 2.24) is 0 Å². The molecule has 0 aromatic heterocycles. The molecule has 0 aliphatic carbocycles. The lowest BCUT2D eigenvalue weighted by atomic mass is 10.0. The number of allylic oxidation sites excluding steroid dienone is 5. The van der Waals surface area contributed by atoms with Crippen LogP contribution >= 0.6 is 0 Å². The Morgan fingerprint density at radius 1 is 0.247 bits per heavy atom. The molecule has 0 aliphatic heterocycles. The highest BCUT2D eigenvalue weighted by Gasteiger charge is 2.17. The quantitative estimate of drug-likeness (QED) is 0.0843. The van der Waals surface area contributed by atoms with Gasteiger partial charge in [-0.15, -0.1) is 0 Å². The molecular weight excluding hydrogens is 933 g/mol. The molecule has 0 saturated heterocycles. The second-order valence-corrected chi connectivity index (χ2v) is 18.7. The summed E-state index contributed by atoms with van der Waals surface area (Å²) in [6.07, 6.45) is 7.87. The molecule has 0 atom stereocenters. The van der Waals surface area contributed by atoms with E-state index in [1.165, 1.54) is 0 Å². The molecule has 0 saturated carbocycles. The summed E-state index contributed by atoms with van der Waals surface area (Å²) < 4.78 is 0. The van der Waals surface area contributed by atoms with Crippen LogP contribution in [0.5, 0.6) is 0 Å². The zero-order valence-corrected chi connectivity index (χ0v) is 43.1. The van der Waals surface area contributed by atoms with Gasteiger partial charge < -0.3 is 19.6 Å². The van der Waals surface area contributed by atoms with Crippen LogP contribution in [0.4, 0.5) is 62.6 Å². The van der Waals surface area contributed by atoms with Crippen LogP contribution in [0, 0.1) is 0 Å². The number of benzene rings is 11. The topological polar surface area (TPSA) is 13.0 Å². The lowest BCUT2D eigenvalue weighted by Gasteiger charge is -2.27. The minimum absolute atomic E-state index is 1.08. The van der Waals surface area contributed by atoms with Crippen molar-refractivity contribution in [3.8, 4) is 33.4 Å². The molecule has 0 radical (unpaired) electrons. The molecule has 4 nitrogen and oxygen atoms in total. The van der Waals surface area contributed by atoms with E-state index in [9.17, 15) is 0 Å². The van der Waals surface area contributed by atoms with E-state index in [0.717, 1.165) is 102 Å². The maximum atomic E-state index is 3.82. The molecule has 0 N–H and O–H groups in total. The molecule has 0 spiro atoms. The first-order chi connectivity index (χ1) is 38.1. The molecule has 77 heavy (non-hydrogen) atoms. The Hall–Kier alpha value is -10.2. The Balaban J connectivity index is 0.816. The van der Waals surface area contributed by atoms with E-state index in [4.69, 9.17) is 0 Å². The van der Waals surface area contributed by atoms with Crippen LogP contribution in [-0.4, -0.2) is 0 Å². The van der Waals surface area contributed by atoms with Crippen LogP contribution in [0.15, 0.2) is 334 Å². The predicted octanol–water partition coefficient (Wildman–Crippen LogP) is 20.9. The summed E-state index contributed by atoms with van der Waals surface area (Å²) in [5, 5.41) is 0. The van der Waals surface area contributed by atoms with Crippen molar-refractivity contribution in [1.29, 1.82) is 0 Å². The van der Waals surface area contributed by atoms with Crippen LogP contribution < -0.4 is 19.6 Å². The van der Waals surface area contributed by atoms with E-state index in [-0.39, 0.29) is 0 Å². The number of hydrogen-bond donors (Lipinski definition) is 0. The predicted molar refractivity (Wildman–Crippen MR) is 328 cm³/mol. The van der Waals surface area contributed by atoms with Gasteiger partial charge >= 0.3 is 0 Å². The highest BCUT2D eigenvalue weighted by molar-refractivity contribution is 5.84. The van der Waals surface area contributed by atoms with Crippen LogP contribution in [0.1, 0.15) is 6.92 Å². The van der Waals surface area contributed by atoms with Gasteiger partial charge in [0.25, 0.3) is 0 Å². The molecule has 4 heteroatoms. The first-order valence-corrected chi connectivity index (χ1v) is 26.1. The first-order valence-electron chi connectivity index (χ1n) is 26.1. The molecule has 11 rings (SSSR count). The van der Waals surface area contributed by atoms with E-state index in [1.54, 1.807) is 6.08 Å². The van der Waals surface area contributed by atoms with Gasteiger partial charge in [-0.1, -0.05) is 189 Å². The van der Waals surface area contributed by atoms with Crippen molar-refractivity contribution in [3.63, 3.8) is 0 Å². The molecular formula is C73H58N4. The Labute approximate surface area is 454 Å². The van der Waals surface area contributed by atoms with Crippen molar-refractivity contribution in [2.75, 3.05) is 19.6 Å². The number of nitrogens with zero attached hydrogens (tertiary/aromatic N) is 4. The molecule has 0 aliphatic rings. The summed E-state index contributed by atoms with van der Waals surface area (Å²) in [4.78, 5) is 9.19. The molecule has 11 aromatic carbocycles. The number of hydrogen-bond acceptors (Lipinski definition) is 4. The van der Waals surface area contributed by atoms with Crippen LogP contribution in [0.3, 0.4) is 0 Å². The fourth-order valence-electron chi connectivity index (χ4n) is 9.95. The van der Waals surface area contributed by atoms with Gasteiger partial charge in [0.15, 0.2) is 0 Å². The molecule has 370 valence electrons. The smallest absolute Gasteiger partial charge is 0.0462 e. The molecule has 0 unspecified atom stereocenters. The Bertz CT molecular complexity index is 3650. The highest BCUT2D eigenvalue weighted by Crippen LogP contribution is 2.41. The fraction of sp³-hybridized carbons (Fsp3) is 0.0137. The van der Waals surface area contributed by atoms with Crippen molar-refractivity contribution in [2.45, 2.75) is 6.92 Å². The first kappa shape index (κ1) is 49.1. The highest BCUT2D eigenvalue weighted by atomic mass is 15.2. The SMILES string of the molecule is C=C/C=C\C=C(/C)N(c1ccccc1)c1ccc(-c2ccc(N(c3ccccc3)c3ccc(-c4ccc(N(c5ccccc5)c5ccc(-c6ccc(N(c7ccccc7)c7ccccc7)cc6)cc5)cc4)cc3)cc2)cc1. The summed E-state index contributed by atoms with van der Waals surface area (Å²) in [7, 11) is 0. The van der Waals surface area contributed by atoms with Gasteiger partial charge in [-0.05, 0) is 180 Å². The normalized spacial score (nSPS) is 11.3. The monoisotopic (exact) mass is 990 g/mol. The third kappa shape index (κ3) is 11.2. The maximum Gasteiger partial charge on any atom is 0.0462 e. The van der Waals surface area contributed by atoms with Crippen LogP contribution in [0.25, 0.3) is 33.4 Å². The molecule has 11 aromatic rings. The second-order valence-electron chi connectivity index (χ2n) is 18.7. The van der Waals surface area contributed by atoms with Crippen LogP contribution in [-0.2, 0) is 0 Å². The van der Waals surface area contributed by atoms with Crippen molar-refractivity contribution < 1.29 is 0 Å².